The van der Waals surface area contributed by atoms with Gasteiger partial charge in [-0.25, -0.2) is 4.79 Å². The highest BCUT2D eigenvalue weighted by Crippen LogP contribution is 2.25. The van der Waals surface area contributed by atoms with Gasteiger partial charge in [-0.3, -0.25) is 14.5 Å². The Hall–Kier alpha value is -2.57. The average Bonchev–Trinajstić information content (AvgIpc) is 3.00. The van der Waals surface area contributed by atoms with E-state index in [0.29, 0.717) is 16.6 Å². The van der Waals surface area contributed by atoms with Gasteiger partial charge in [0.2, 0.25) is 5.91 Å². The number of hydrogen-bond donors (Lipinski definition) is 2. The summed E-state index contributed by atoms with van der Waals surface area (Å²) >= 11 is 11.8. The van der Waals surface area contributed by atoms with Crippen molar-refractivity contribution in [2.75, 3.05) is 0 Å². The van der Waals surface area contributed by atoms with Crippen molar-refractivity contribution >= 4 is 41.0 Å². The molecule has 0 spiro atoms. The zero-order valence-corrected chi connectivity index (χ0v) is 17.3. The van der Waals surface area contributed by atoms with E-state index in [1.807, 2.05) is 30.3 Å². The first kappa shape index (κ1) is 21.1. The molecule has 1 aliphatic heterocycles. The van der Waals surface area contributed by atoms with Crippen LogP contribution < -0.4 is 10.6 Å². The van der Waals surface area contributed by atoms with Crippen LogP contribution in [0.2, 0.25) is 10.0 Å². The standard InChI is InChI=1S/C21H21Cl2N3O3/c1-13(15-5-3-2-4-6-15)26-20(28)18(25-21(26)29)9-10-19(27)24-12-14-7-8-16(22)17(23)11-14/h2-8,11,13,18H,9-10,12H2,1H3,(H,24,27)(H,25,29)/t13-,18+/m1/s1. The first-order chi connectivity index (χ1) is 13.9. The highest BCUT2D eigenvalue weighted by atomic mass is 35.5. The summed E-state index contributed by atoms with van der Waals surface area (Å²) in [4.78, 5) is 38.3. The van der Waals surface area contributed by atoms with Crippen LogP contribution in [0, 0.1) is 0 Å². The van der Waals surface area contributed by atoms with E-state index in [1.54, 1.807) is 25.1 Å². The molecule has 8 heteroatoms. The molecule has 0 radical (unpaired) electrons. The summed E-state index contributed by atoms with van der Waals surface area (Å²) in [6.45, 7) is 2.11. The molecule has 0 unspecified atom stereocenters. The minimum Gasteiger partial charge on any atom is -0.352 e. The third kappa shape index (κ3) is 5.08. The molecule has 3 rings (SSSR count). The number of nitrogens with zero attached hydrogens (tertiary/aromatic N) is 1. The van der Waals surface area contributed by atoms with Crippen LogP contribution in [0.1, 0.15) is 36.9 Å². The van der Waals surface area contributed by atoms with Crippen LogP contribution in [0.3, 0.4) is 0 Å². The molecule has 29 heavy (non-hydrogen) atoms. The Balaban J connectivity index is 1.51. The monoisotopic (exact) mass is 433 g/mol. The molecule has 0 aromatic heterocycles. The van der Waals surface area contributed by atoms with Gasteiger partial charge in [0, 0.05) is 13.0 Å². The summed E-state index contributed by atoms with van der Waals surface area (Å²) in [5.41, 5.74) is 1.69. The topological polar surface area (TPSA) is 78.5 Å². The van der Waals surface area contributed by atoms with Crippen molar-refractivity contribution in [3.63, 3.8) is 0 Å². The van der Waals surface area contributed by atoms with Crippen molar-refractivity contribution in [1.82, 2.24) is 15.5 Å². The maximum absolute atomic E-state index is 12.7. The smallest absolute Gasteiger partial charge is 0.325 e. The van der Waals surface area contributed by atoms with Crippen LogP contribution in [0.5, 0.6) is 0 Å². The zero-order valence-electron chi connectivity index (χ0n) is 15.8. The highest BCUT2D eigenvalue weighted by molar-refractivity contribution is 6.42. The summed E-state index contributed by atoms with van der Waals surface area (Å²) in [6.07, 6.45) is 0.349. The molecule has 2 atom stereocenters. The van der Waals surface area contributed by atoms with E-state index in [0.717, 1.165) is 11.1 Å². The van der Waals surface area contributed by atoms with Gasteiger partial charge < -0.3 is 10.6 Å². The minimum atomic E-state index is -0.704. The molecule has 2 aromatic carbocycles. The number of hydrogen-bond acceptors (Lipinski definition) is 3. The van der Waals surface area contributed by atoms with Gasteiger partial charge in [-0.1, -0.05) is 59.6 Å². The molecule has 6 nitrogen and oxygen atoms in total. The third-order valence-corrected chi connectivity index (χ3v) is 5.59. The summed E-state index contributed by atoms with van der Waals surface area (Å²) in [6, 6.07) is 13.0. The SMILES string of the molecule is C[C@H](c1ccccc1)N1C(=O)N[C@@H](CCC(=O)NCc2ccc(Cl)c(Cl)c2)C1=O. The summed E-state index contributed by atoms with van der Waals surface area (Å²) in [5.74, 6) is -0.531. The molecule has 2 N–H and O–H groups in total. The quantitative estimate of drug-likeness (QED) is 0.645. The Kier molecular flexibility index (Phi) is 6.77. The number of nitrogens with one attached hydrogen (secondary N) is 2. The van der Waals surface area contributed by atoms with Gasteiger partial charge in [-0.05, 0) is 36.6 Å². The highest BCUT2D eigenvalue weighted by Gasteiger charge is 2.40. The first-order valence-electron chi connectivity index (χ1n) is 9.26. The van der Waals surface area contributed by atoms with Crippen LogP contribution >= 0.6 is 23.2 Å². The normalized spacial score (nSPS) is 17.2. The van der Waals surface area contributed by atoms with Crippen LogP contribution in [-0.2, 0) is 16.1 Å². The number of carbonyl (C=O) groups is 3. The van der Waals surface area contributed by atoms with E-state index >= 15 is 0 Å². The van der Waals surface area contributed by atoms with Crippen molar-refractivity contribution < 1.29 is 14.4 Å². The number of benzene rings is 2. The van der Waals surface area contributed by atoms with Crippen molar-refractivity contribution in [3.05, 3.63) is 69.7 Å². The number of rotatable bonds is 7. The number of imide groups is 1. The lowest BCUT2D eigenvalue weighted by atomic mass is 10.1. The largest absolute Gasteiger partial charge is 0.352 e. The zero-order chi connectivity index (χ0) is 21.0. The van der Waals surface area contributed by atoms with Gasteiger partial charge in [0.1, 0.15) is 6.04 Å². The molecular weight excluding hydrogens is 413 g/mol. The lowest BCUT2D eigenvalue weighted by Crippen LogP contribution is -2.34. The maximum Gasteiger partial charge on any atom is 0.325 e. The van der Waals surface area contributed by atoms with E-state index in [1.165, 1.54) is 4.90 Å². The molecule has 1 fully saturated rings. The third-order valence-electron chi connectivity index (χ3n) is 4.86. The summed E-state index contributed by atoms with van der Waals surface area (Å²) in [7, 11) is 0. The average molecular weight is 434 g/mol. The Morgan fingerprint density at radius 1 is 1.14 bits per heavy atom. The molecule has 1 saturated heterocycles. The van der Waals surface area contributed by atoms with Crippen LogP contribution in [0.4, 0.5) is 4.79 Å². The van der Waals surface area contributed by atoms with Gasteiger partial charge in [-0.2, -0.15) is 0 Å². The van der Waals surface area contributed by atoms with Gasteiger partial charge in [0.15, 0.2) is 0 Å². The van der Waals surface area contributed by atoms with Crippen molar-refractivity contribution in [3.8, 4) is 0 Å². The maximum atomic E-state index is 12.7. The molecule has 2 aromatic rings. The Morgan fingerprint density at radius 2 is 1.86 bits per heavy atom. The van der Waals surface area contributed by atoms with Crippen molar-refractivity contribution in [2.45, 2.75) is 38.4 Å². The van der Waals surface area contributed by atoms with Crippen LogP contribution in [-0.4, -0.2) is 28.8 Å². The fourth-order valence-electron chi connectivity index (χ4n) is 3.21. The van der Waals surface area contributed by atoms with Gasteiger partial charge >= 0.3 is 6.03 Å². The van der Waals surface area contributed by atoms with Crippen molar-refractivity contribution in [2.24, 2.45) is 0 Å². The Bertz CT molecular complexity index is 921. The van der Waals surface area contributed by atoms with E-state index < -0.39 is 12.1 Å². The molecule has 152 valence electrons. The van der Waals surface area contributed by atoms with Gasteiger partial charge in [0.25, 0.3) is 5.91 Å². The number of halogens is 2. The van der Waals surface area contributed by atoms with Crippen LogP contribution in [0.15, 0.2) is 48.5 Å². The van der Waals surface area contributed by atoms with E-state index in [9.17, 15) is 14.4 Å². The second-order valence-electron chi connectivity index (χ2n) is 6.86. The molecule has 1 heterocycles. The predicted molar refractivity (Wildman–Crippen MR) is 112 cm³/mol. The Morgan fingerprint density at radius 3 is 2.55 bits per heavy atom. The van der Waals surface area contributed by atoms with Crippen molar-refractivity contribution in [1.29, 1.82) is 0 Å². The molecule has 0 saturated carbocycles. The molecule has 0 aliphatic carbocycles. The number of carbonyl (C=O) groups excluding carboxylic acids is 3. The molecular formula is C21H21Cl2N3O3. The molecule has 0 bridgehead atoms. The number of amides is 4. The second kappa shape index (κ2) is 9.29. The van der Waals surface area contributed by atoms with E-state index in [2.05, 4.69) is 10.6 Å². The number of urea groups is 1. The summed E-state index contributed by atoms with van der Waals surface area (Å²) in [5, 5.41) is 6.32. The first-order valence-corrected chi connectivity index (χ1v) is 10.0. The van der Waals surface area contributed by atoms with Gasteiger partial charge in [0.05, 0.1) is 16.1 Å². The van der Waals surface area contributed by atoms with Crippen LogP contribution in [0.25, 0.3) is 0 Å². The lowest BCUT2D eigenvalue weighted by molar-refractivity contribution is -0.129. The second-order valence-corrected chi connectivity index (χ2v) is 7.68. The summed E-state index contributed by atoms with van der Waals surface area (Å²) < 4.78 is 0. The Labute approximate surface area is 179 Å². The lowest BCUT2D eigenvalue weighted by Gasteiger charge is -2.21. The molecule has 4 amide bonds. The fraction of sp³-hybridized carbons (Fsp3) is 0.286. The molecule has 1 aliphatic rings. The van der Waals surface area contributed by atoms with E-state index in [-0.39, 0.29) is 30.7 Å². The van der Waals surface area contributed by atoms with E-state index in [4.69, 9.17) is 23.2 Å². The predicted octanol–water partition coefficient (Wildman–Crippen LogP) is 4.07. The fourth-order valence-corrected chi connectivity index (χ4v) is 3.53. The minimum absolute atomic E-state index is 0.117. The van der Waals surface area contributed by atoms with Gasteiger partial charge in [-0.15, -0.1) is 0 Å².